The molecule has 0 fully saturated rings. The van der Waals surface area contributed by atoms with Crippen LogP contribution in [0.3, 0.4) is 0 Å². The zero-order valence-electron chi connectivity index (χ0n) is 13.0. The highest BCUT2D eigenvalue weighted by Crippen LogP contribution is 2.23. The number of carbonyl (C=O) groups is 2. The minimum absolute atomic E-state index is 0.104. The van der Waals surface area contributed by atoms with Crippen molar-refractivity contribution in [3.05, 3.63) is 65.5 Å². The van der Waals surface area contributed by atoms with Gasteiger partial charge in [0, 0.05) is 11.1 Å². The van der Waals surface area contributed by atoms with Crippen LogP contribution in [0.4, 0.5) is 10.1 Å². The van der Waals surface area contributed by atoms with Crippen LogP contribution in [-0.4, -0.2) is 31.5 Å². The number of benzene rings is 2. The third kappa shape index (κ3) is 3.44. The number of anilines is 1. The average molecular weight is 328 g/mol. The van der Waals surface area contributed by atoms with Gasteiger partial charge in [0.05, 0.1) is 24.7 Å². The Kier molecular flexibility index (Phi) is 4.57. The predicted octanol–water partition coefficient (Wildman–Crippen LogP) is -0.379. The summed E-state index contributed by atoms with van der Waals surface area (Å²) < 4.78 is 13.1. The highest BCUT2D eigenvalue weighted by molar-refractivity contribution is 6.06. The molecule has 1 heterocycles. The van der Waals surface area contributed by atoms with Gasteiger partial charge in [-0.2, -0.15) is 0 Å². The molecular weight excluding hydrogens is 311 g/mol. The molecule has 0 spiro atoms. The SMILES string of the molecule is O=C([O-])C[NH+]1CCN(C(=O)c2ccc(F)cc2)c2ccccc2C1. The van der Waals surface area contributed by atoms with Crippen LogP contribution in [0.5, 0.6) is 0 Å². The first-order valence-electron chi connectivity index (χ1n) is 7.73. The van der Waals surface area contributed by atoms with Gasteiger partial charge >= 0.3 is 0 Å². The van der Waals surface area contributed by atoms with E-state index >= 15 is 0 Å². The monoisotopic (exact) mass is 328 g/mol. The maximum absolute atomic E-state index is 13.1. The van der Waals surface area contributed by atoms with E-state index in [0.29, 0.717) is 25.2 Å². The van der Waals surface area contributed by atoms with Crippen molar-refractivity contribution < 1.29 is 24.0 Å². The molecule has 0 radical (unpaired) electrons. The first-order chi connectivity index (χ1) is 11.5. The summed E-state index contributed by atoms with van der Waals surface area (Å²) in [5, 5.41) is 10.9. The molecule has 0 saturated carbocycles. The van der Waals surface area contributed by atoms with E-state index in [9.17, 15) is 19.1 Å². The Morgan fingerprint density at radius 1 is 1.12 bits per heavy atom. The number of hydrogen-bond donors (Lipinski definition) is 1. The Balaban J connectivity index is 1.92. The molecule has 0 aliphatic carbocycles. The molecule has 2 aromatic carbocycles. The first kappa shape index (κ1) is 16.1. The lowest BCUT2D eigenvalue weighted by molar-refractivity contribution is -0.906. The van der Waals surface area contributed by atoms with Crippen LogP contribution in [0.25, 0.3) is 0 Å². The summed E-state index contributed by atoms with van der Waals surface area (Å²) in [7, 11) is 0. The molecule has 0 saturated heterocycles. The molecule has 1 atom stereocenters. The lowest BCUT2D eigenvalue weighted by atomic mass is 10.1. The van der Waals surface area contributed by atoms with Crippen LogP contribution in [0.15, 0.2) is 48.5 Å². The number of amides is 1. The second kappa shape index (κ2) is 6.80. The molecule has 1 amide bonds. The van der Waals surface area contributed by atoms with Gasteiger partial charge in [-0.3, -0.25) is 4.79 Å². The largest absolute Gasteiger partial charge is 0.544 e. The van der Waals surface area contributed by atoms with Crippen molar-refractivity contribution in [2.45, 2.75) is 6.54 Å². The van der Waals surface area contributed by atoms with E-state index in [1.807, 2.05) is 24.3 Å². The van der Waals surface area contributed by atoms with Gasteiger partial charge in [-0.05, 0) is 30.3 Å². The fraction of sp³-hybridized carbons (Fsp3) is 0.222. The number of quaternary nitrogens is 1. The predicted molar refractivity (Wildman–Crippen MR) is 83.9 cm³/mol. The fourth-order valence-corrected chi connectivity index (χ4v) is 2.99. The lowest BCUT2D eigenvalue weighted by Gasteiger charge is -2.22. The molecule has 2 aromatic rings. The van der Waals surface area contributed by atoms with Gasteiger partial charge in [-0.15, -0.1) is 0 Å². The van der Waals surface area contributed by atoms with Crippen LogP contribution in [0.1, 0.15) is 15.9 Å². The molecule has 1 aliphatic rings. The number of fused-ring (bicyclic) bond motifs is 1. The van der Waals surface area contributed by atoms with Gasteiger partial charge in [0.15, 0.2) is 0 Å². The smallest absolute Gasteiger partial charge is 0.258 e. The fourth-order valence-electron chi connectivity index (χ4n) is 2.99. The minimum atomic E-state index is -1.11. The molecule has 5 nitrogen and oxygen atoms in total. The molecular formula is C18H17FN2O3. The van der Waals surface area contributed by atoms with Gasteiger partial charge in [-0.1, -0.05) is 18.2 Å². The highest BCUT2D eigenvalue weighted by atomic mass is 19.1. The zero-order chi connectivity index (χ0) is 17.1. The van der Waals surface area contributed by atoms with E-state index in [4.69, 9.17) is 0 Å². The van der Waals surface area contributed by atoms with Crippen LogP contribution in [0, 0.1) is 5.82 Å². The first-order valence-corrected chi connectivity index (χ1v) is 7.73. The normalized spacial score (nSPS) is 17.0. The summed E-state index contributed by atoms with van der Waals surface area (Å²) in [4.78, 5) is 26.2. The van der Waals surface area contributed by atoms with Gasteiger partial charge in [0.2, 0.25) is 0 Å². The van der Waals surface area contributed by atoms with Crippen LogP contribution in [-0.2, 0) is 11.3 Å². The topological polar surface area (TPSA) is 64.9 Å². The summed E-state index contributed by atoms with van der Waals surface area (Å²) in [5.74, 6) is -1.73. The van der Waals surface area contributed by atoms with Crippen LogP contribution in [0.2, 0.25) is 0 Å². The Morgan fingerprint density at radius 3 is 2.54 bits per heavy atom. The van der Waals surface area contributed by atoms with Crippen molar-refractivity contribution in [3.8, 4) is 0 Å². The molecule has 1 unspecified atom stereocenters. The van der Waals surface area contributed by atoms with Crippen molar-refractivity contribution >= 4 is 17.6 Å². The van der Waals surface area contributed by atoms with E-state index < -0.39 is 11.8 Å². The van der Waals surface area contributed by atoms with Crippen molar-refractivity contribution in [2.75, 3.05) is 24.5 Å². The summed E-state index contributed by atoms with van der Waals surface area (Å²) in [5.41, 5.74) is 2.07. The minimum Gasteiger partial charge on any atom is -0.544 e. The quantitative estimate of drug-likeness (QED) is 0.835. The number of para-hydroxylation sites is 1. The Labute approximate surface area is 138 Å². The second-order valence-corrected chi connectivity index (χ2v) is 5.82. The van der Waals surface area contributed by atoms with Gasteiger partial charge in [0.25, 0.3) is 5.91 Å². The molecule has 0 bridgehead atoms. The van der Waals surface area contributed by atoms with Crippen molar-refractivity contribution in [1.82, 2.24) is 0 Å². The van der Waals surface area contributed by atoms with E-state index in [1.54, 1.807) is 4.90 Å². The van der Waals surface area contributed by atoms with Gasteiger partial charge < -0.3 is 19.7 Å². The van der Waals surface area contributed by atoms with E-state index in [0.717, 1.165) is 16.2 Å². The maximum Gasteiger partial charge on any atom is 0.258 e. The third-order valence-corrected chi connectivity index (χ3v) is 4.14. The number of halogens is 1. The number of carboxylic acids is 1. The van der Waals surface area contributed by atoms with Gasteiger partial charge in [-0.25, -0.2) is 4.39 Å². The molecule has 1 N–H and O–H groups in total. The summed E-state index contributed by atoms with van der Waals surface area (Å²) in [6.07, 6.45) is 0. The van der Waals surface area contributed by atoms with E-state index in [1.165, 1.54) is 24.3 Å². The number of hydrogen-bond acceptors (Lipinski definition) is 3. The Hall–Kier alpha value is -2.73. The maximum atomic E-state index is 13.1. The Morgan fingerprint density at radius 2 is 1.83 bits per heavy atom. The average Bonchev–Trinajstić information content (AvgIpc) is 2.73. The molecule has 124 valence electrons. The van der Waals surface area contributed by atoms with E-state index in [-0.39, 0.29) is 12.5 Å². The van der Waals surface area contributed by atoms with Crippen LogP contribution < -0.4 is 14.9 Å². The summed E-state index contributed by atoms with van der Waals surface area (Å²) >= 11 is 0. The van der Waals surface area contributed by atoms with Gasteiger partial charge in [0.1, 0.15) is 18.9 Å². The number of aliphatic carboxylic acids is 1. The number of rotatable bonds is 3. The molecule has 6 heteroatoms. The molecule has 1 aliphatic heterocycles. The standard InChI is InChI=1S/C18H17FN2O3/c19-15-7-5-13(6-8-15)18(24)21-10-9-20(12-17(22)23)11-14-3-1-2-4-16(14)21/h1-8H,9-12H2,(H,22,23). The number of carbonyl (C=O) groups excluding carboxylic acids is 2. The van der Waals surface area contributed by atoms with Crippen molar-refractivity contribution in [3.63, 3.8) is 0 Å². The molecule has 3 rings (SSSR count). The second-order valence-electron chi connectivity index (χ2n) is 5.82. The highest BCUT2D eigenvalue weighted by Gasteiger charge is 2.26. The Bertz CT molecular complexity index is 761. The van der Waals surface area contributed by atoms with E-state index in [2.05, 4.69) is 0 Å². The zero-order valence-corrected chi connectivity index (χ0v) is 13.0. The lowest BCUT2D eigenvalue weighted by Crippen LogP contribution is -3.12. The third-order valence-electron chi connectivity index (χ3n) is 4.14. The number of nitrogens with one attached hydrogen (secondary N) is 1. The van der Waals surface area contributed by atoms with Crippen LogP contribution >= 0.6 is 0 Å². The molecule has 0 aromatic heterocycles. The number of carboxylic acid groups (broad SMARTS) is 1. The van der Waals surface area contributed by atoms with Crippen molar-refractivity contribution in [2.24, 2.45) is 0 Å². The summed E-state index contributed by atoms with van der Waals surface area (Å²) in [6, 6.07) is 12.9. The summed E-state index contributed by atoms with van der Waals surface area (Å²) in [6.45, 7) is 1.29. The number of nitrogens with zero attached hydrogens (tertiary/aromatic N) is 1. The molecule has 24 heavy (non-hydrogen) atoms. The van der Waals surface area contributed by atoms with Crippen molar-refractivity contribution in [1.29, 1.82) is 0 Å².